The highest BCUT2D eigenvalue weighted by atomic mass is 15.0. The van der Waals surface area contributed by atoms with Gasteiger partial charge in [-0.15, -0.1) is 0 Å². The third-order valence-corrected chi connectivity index (χ3v) is 10.1. The average Bonchev–Trinajstić information content (AvgIpc) is 3.91. The fourth-order valence-corrected chi connectivity index (χ4v) is 7.89. The normalized spacial score (nSPS) is 13.8. The van der Waals surface area contributed by atoms with Gasteiger partial charge in [-0.2, -0.15) is 0 Å². The molecule has 238 valence electrons. The lowest BCUT2D eigenvalue weighted by molar-refractivity contribution is 1.13. The highest BCUT2D eigenvalue weighted by Crippen LogP contribution is 2.39. The summed E-state index contributed by atoms with van der Waals surface area (Å²) in [5.74, 6) is 0. The number of nitrogens with zero attached hydrogens (tertiary/aromatic N) is 3. The fraction of sp³-hybridized carbons (Fsp3) is 0. The van der Waals surface area contributed by atoms with E-state index in [1.165, 1.54) is 0 Å². The molecule has 0 unspecified atom stereocenters. The molecule has 3 heterocycles. The fourth-order valence-electron chi connectivity index (χ4n) is 7.89. The average molecular weight is 657 g/mol. The van der Waals surface area contributed by atoms with Crippen molar-refractivity contribution >= 4 is 65.4 Å². The summed E-state index contributed by atoms with van der Waals surface area (Å²) in [6, 6.07) is 46.0. The van der Waals surface area contributed by atoms with Gasteiger partial charge in [0.1, 0.15) is 0 Å². The summed E-state index contributed by atoms with van der Waals surface area (Å²) in [6.07, 6.45) is 0. The van der Waals surface area contributed by atoms with Crippen LogP contribution in [0.5, 0.6) is 0 Å². The van der Waals surface area contributed by atoms with E-state index >= 15 is 0 Å². The predicted molar refractivity (Wildman–Crippen MR) is 215 cm³/mol. The van der Waals surface area contributed by atoms with Crippen LogP contribution in [0.1, 0.15) is 9.60 Å². The molecule has 0 atom stereocenters. The Morgan fingerprint density at radius 1 is 0.314 bits per heavy atom. The molecule has 0 spiro atoms. The Kier molecular flexibility index (Phi) is 4.67. The Hall–Kier alpha value is -6.84. The minimum Gasteiger partial charge on any atom is -0.309 e. The molecular weight excluding hydrogens is 619 g/mol. The zero-order valence-electron chi connectivity index (χ0n) is 34.2. The first kappa shape index (κ1) is 22.0. The molecule has 0 radical (unpaired) electrons. The SMILES string of the molecule is [2H]c1c([2H])c([2H])c2c(c1[2H])c1c([2H])c(-n3c4ccccc4c4ccccc43)c([2H])c([2H])c1n2-c1cc(-c2ccccc2)cc(-n2c3ccccc3c3ccccc32)c1. The molecule has 51 heavy (non-hydrogen) atoms. The first-order valence-corrected chi connectivity index (χ1v) is 17.0. The molecular formula is C48H31N3. The van der Waals surface area contributed by atoms with Crippen LogP contribution in [-0.2, 0) is 0 Å². The Labute approximate surface area is 304 Å². The van der Waals surface area contributed by atoms with Gasteiger partial charge in [-0.3, -0.25) is 0 Å². The molecule has 0 aliphatic carbocycles. The molecule has 3 nitrogen and oxygen atoms in total. The summed E-state index contributed by atoms with van der Waals surface area (Å²) in [5.41, 5.74) is 7.09. The molecule has 0 saturated heterocycles. The van der Waals surface area contributed by atoms with Gasteiger partial charge in [0.05, 0.1) is 42.7 Å². The number of hydrogen-bond acceptors (Lipinski definition) is 0. The number of fused-ring (bicyclic) bond motifs is 9. The summed E-state index contributed by atoms with van der Waals surface area (Å²) in [7, 11) is 0. The number of rotatable bonds is 4. The van der Waals surface area contributed by atoms with Gasteiger partial charge in [0.15, 0.2) is 0 Å². The number of benzene rings is 8. The van der Waals surface area contributed by atoms with Crippen LogP contribution >= 0.6 is 0 Å². The second-order valence-electron chi connectivity index (χ2n) is 12.8. The zero-order valence-corrected chi connectivity index (χ0v) is 27.2. The van der Waals surface area contributed by atoms with E-state index in [4.69, 9.17) is 2.74 Å². The Balaban J connectivity index is 1.32. The molecule has 11 aromatic rings. The van der Waals surface area contributed by atoms with Crippen molar-refractivity contribution in [3.05, 3.63) is 188 Å². The number of para-hydroxylation sites is 5. The van der Waals surface area contributed by atoms with Crippen molar-refractivity contribution in [2.24, 2.45) is 0 Å². The summed E-state index contributed by atoms with van der Waals surface area (Å²) in [4.78, 5) is 0. The molecule has 0 N–H and O–H groups in total. The summed E-state index contributed by atoms with van der Waals surface area (Å²) in [5, 5.41) is 4.35. The minimum absolute atomic E-state index is 0.0990. The van der Waals surface area contributed by atoms with Gasteiger partial charge in [-0.05, 0) is 77.8 Å². The topological polar surface area (TPSA) is 14.8 Å². The maximum absolute atomic E-state index is 9.97. The van der Waals surface area contributed by atoms with E-state index in [0.717, 1.165) is 60.4 Å². The van der Waals surface area contributed by atoms with Gasteiger partial charge in [0.2, 0.25) is 0 Å². The number of aromatic nitrogens is 3. The van der Waals surface area contributed by atoms with Gasteiger partial charge in [-0.1, -0.05) is 121 Å². The van der Waals surface area contributed by atoms with E-state index in [1.807, 2.05) is 120 Å². The van der Waals surface area contributed by atoms with Crippen molar-refractivity contribution in [2.75, 3.05) is 0 Å². The first-order chi connectivity index (χ1) is 28.2. The van der Waals surface area contributed by atoms with Crippen LogP contribution in [0.15, 0.2) is 188 Å². The van der Waals surface area contributed by atoms with Gasteiger partial charge < -0.3 is 13.7 Å². The predicted octanol–water partition coefficient (Wildman–Crippen LogP) is 12.6. The van der Waals surface area contributed by atoms with Crippen molar-refractivity contribution in [1.82, 2.24) is 13.7 Å². The molecule has 11 rings (SSSR count). The maximum Gasteiger partial charge on any atom is 0.0652 e. The molecule has 0 fully saturated rings. The van der Waals surface area contributed by atoms with E-state index in [1.54, 1.807) is 4.57 Å². The standard InChI is InChI=1S/C48H31N3/c1-2-14-32(15-3-1)33-28-35(50-45-23-11-6-18-39(45)40-19-7-12-24-46(40)50)30-36(29-33)51-47-25-13-8-20-41(47)42-31-34(26-27-48(42)51)49-43-21-9-4-16-37(43)38-17-5-10-22-44(38)49/h1-31H/i8D,13D,20D,25D,26D,27D,31D. The van der Waals surface area contributed by atoms with Crippen LogP contribution in [0, 0.1) is 0 Å². The third-order valence-electron chi connectivity index (χ3n) is 10.1. The molecule has 8 aromatic carbocycles. The second kappa shape index (κ2) is 10.8. The lowest BCUT2D eigenvalue weighted by Crippen LogP contribution is -2.00. The third kappa shape index (κ3) is 4.12. The van der Waals surface area contributed by atoms with Gasteiger partial charge in [-0.25, -0.2) is 0 Å². The van der Waals surface area contributed by atoms with E-state index < -0.39 is 12.1 Å². The minimum atomic E-state index is -0.431. The van der Waals surface area contributed by atoms with Crippen molar-refractivity contribution in [1.29, 1.82) is 0 Å². The molecule has 0 saturated carbocycles. The van der Waals surface area contributed by atoms with Crippen LogP contribution in [0.3, 0.4) is 0 Å². The van der Waals surface area contributed by atoms with E-state index in [9.17, 15) is 6.85 Å². The lowest BCUT2D eigenvalue weighted by atomic mass is 10.0. The molecule has 3 aromatic heterocycles. The van der Waals surface area contributed by atoms with Crippen molar-refractivity contribution in [2.45, 2.75) is 0 Å². The summed E-state index contributed by atoms with van der Waals surface area (Å²) < 4.78 is 71.5. The van der Waals surface area contributed by atoms with Crippen LogP contribution in [0.4, 0.5) is 0 Å². The first-order valence-electron chi connectivity index (χ1n) is 20.5. The van der Waals surface area contributed by atoms with E-state index in [0.29, 0.717) is 5.69 Å². The Morgan fingerprint density at radius 2 is 0.765 bits per heavy atom. The van der Waals surface area contributed by atoms with Crippen molar-refractivity contribution in [3.63, 3.8) is 0 Å². The maximum atomic E-state index is 9.97. The Morgan fingerprint density at radius 3 is 1.33 bits per heavy atom. The summed E-state index contributed by atoms with van der Waals surface area (Å²) in [6.45, 7) is 0. The van der Waals surface area contributed by atoms with Gasteiger partial charge in [0, 0.05) is 49.4 Å². The zero-order chi connectivity index (χ0) is 39.6. The molecule has 0 aliphatic rings. The van der Waals surface area contributed by atoms with Crippen molar-refractivity contribution in [3.8, 4) is 28.2 Å². The summed E-state index contributed by atoms with van der Waals surface area (Å²) >= 11 is 0. The molecule has 0 amide bonds. The number of hydrogen-bond donors (Lipinski definition) is 0. The van der Waals surface area contributed by atoms with Crippen LogP contribution < -0.4 is 0 Å². The Bertz CT molecular complexity index is 3440. The van der Waals surface area contributed by atoms with Gasteiger partial charge in [0.25, 0.3) is 0 Å². The smallest absolute Gasteiger partial charge is 0.0652 e. The van der Waals surface area contributed by atoms with Crippen LogP contribution in [0.25, 0.3) is 93.6 Å². The van der Waals surface area contributed by atoms with Gasteiger partial charge >= 0.3 is 0 Å². The van der Waals surface area contributed by atoms with Crippen LogP contribution in [0.2, 0.25) is 0 Å². The highest BCUT2D eigenvalue weighted by molar-refractivity contribution is 6.13. The van der Waals surface area contributed by atoms with E-state index in [2.05, 4.69) is 34.9 Å². The van der Waals surface area contributed by atoms with E-state index in [-0.39, 0.29) is 57.7 Å². The van der Waals surface area contributed by atoms with Crippen LogP contribution in [-0.4, -0.2) is 13.7 Å². The largest absolute Gasteiger partial charge is 0.309 e. The molecule has 0 bridgehead atoms. The lowest BCUT2D eigenvalue weighted by Gasteiger charge is -2.16. The molecule has 0 aliphatic heterocycles. The monoisotopic (exact) mass is 656 g/mol. The second-order valence-corrected chi connectivity index (χ2v) is 12.8. The highest BCUT2D eigenvalue weighted by Gasteiger charge is 2.19. The quantitative estimate of drug-likeness (QED) is 0.179. The molecule has 3 heteroatoms. The van der Waals surface area contributed by atoms with Crippen molar-refractivity contribution < 1.29 is 9.60 Å².